The summed E-state index contributed by atoms with van der Waals surface area (Å²) < 4.78 is 0. The minimum atomic E-state index is -0.441. The highest BCUT2D eigenvalue weighted by Gasteiger charge is 2.03. The average Bonchev–Trinajstić information content (AvgIpc) is 3.03. The maximum absolute atomic E-state index is 11.5. The van der Waals surface area contributed by atoms with Gasteiger partial charge in [-0.05, 0) is 23.6 Å². The van der Waals surface area contributed by atoms with Crippen LogP contribution in [0.1, 0.15) is 4.88 Å². The van der Waals surface area contributed by atoms with E-state index in [0.717, 1.165) is 10.6 Å². The number of nitro benzene ring substituents is 1. The Morgan fingerprint density at radius 1 is 1.14 bits per heavy atom. The molecule has 3 N–H and O–H groups in total. The topological polar surface area (TPSA) is 96.3 Å². The maximum atomic E-state index is 11.5. The molecular weight excluding hydrogens is 304 g/mol. The number of amides is 2. The summed E-state index contributed by atoms with van der Waals surface area (Å²) in [7, 11) is 0. The molecule has 1 aromatic heterocycles. The first-order valence-electron chi connectivity index (χ1n) is 6.67. The smallest absolute Gasteiger partial charge is 0.315 e. The van der Waals surface area contributed by atoms with Crippen LogP contribution in [0.2, 0.25) is 0 Å². The van der Waals surface area contributed by atoms with Gasteiger partial charge in [0.05, 0.1) is 11.5 Å². The average molecular weight is 320 g/mol. The number of carbonyl (C=O) groups excluding carboxylic acids is 1. The molecule has 1 heterocycles. The van der Waals surface area contributed by atoms with Gasteiger partial charge in [0.2, 0.25) is 0 Å². The number of nitro groups is 1. The Bertz CT molecular complexity index is 614. The van der Waals surface area contributed by atoms with Crippen LogP contribution in [0.4, 0.5) is 16.2 Å². The predicted molar refractivity (Wildman–Crippen MR) is 86.1 cm³/mol. The Kier molecular flexibility index (Phi) is 5.73. The molecular formula is C14H16N4O3S. The van der Waals surface area contributed by atoms with Crippen molar-refractivity contribution in [3.8, 4) is 0 Å². The van der Waals surface area contributed by atoms with Crippen LogP contribution in [0.3, 0.4) is 0 Å². The van der Waals surface area contributed by atoms with Gasteiger partial charge in [-0.3, -0.25) is 10.1 Å². The third kappa shape index (κ3) is 5.06. The Morgan fingerprint density at radius 2 is 1.91 bits per heavy atom. The molecule has 0 aliphatic rings. The number of anilines is 1. The highest BCUT2D eigenvalue weighted by atomic mass is 32.1. The molecule has 0 fully saturated rings. The molecule has 2 amide bonds. The number of hydrogen-bond acceptors (Lipinski definition) is 5. The van der Waals surface area contributed by atoms with Gasteiger partial charge in [-0.2, -0.15) is 0 Å². The van der Waals surface area contributed by atoms with Gasteiger partial charge in [0, 0.05) is 35.8 Å². The number of thiophene rings is 1. The van der Waals surface area contributed by atoms with E-state index in [1.54, 1.807) is 23.5 Å². The van der Waals surface area contributed by atoms with Crippen LogP contribution in [-0.4, -0.2) is 24.0 Å². The van der Waals surface area contributed by atoms with Crippen molar-refractivity contribution < 1.29 is 9.72 Å². The van der Waals surface area contributed by atoms with E-state index in [9.17, 15) is 14.9 Å². The third-order valence-electron chi connectivity index (χ3n) is 2.82. The molecule has 0 aliphatic carbocycles. The standard InChI is InChI=1S/C14H16N4O3S/c19-14(17-10-13-2-1-9-22-13)16-8-7-15-11-3-5-12(6-4-11)18(20)21/h1-6,9,15H,7-8,10H2,(H2,16,17,19). The minimum absolute atomic E-state index is 0.0524. The molecule has 0 unspecified atom stereocenters. The molecule has 7 nitrogen and oxygen atoms in total. The quantitative estimate of drug-likeness (QED) is 0.415. The number of nitrogens with one attached hydrogen (secondary N) is 3. The minimum Gasteiger partial charge on any atom is -0.383 e. The zero-order valence-electron chi connectivity index (χ0n) is 11.7. The number of carbonyl (C=O) groups is 1. The Hall–Kier alpha value is -2.61. The second kappa shape index (κ2) is 7.99. The highest BCUT2D eigenvalue weighted by Crippen LogP contribution is 2.14. The summed E-state index contributed by atoms with van der Waals surface area (Å²) in [5, 5.41) is 21.0. The second-order valence-electron chi connectivity index (χ2n) is 4.42. The Balaban J connectivity index is 1.62. The number of hydrogen-bond donors (Lipinski definition) is 3. The van der Waals surface area contributed by atoms with Crippen LogP contribution in [-0.2, 0) is 6.54 Å². The summed E-state index contributed by atoms with van der Waals surface area (Å²) in [6, 6.07) is 9.81. The van der Waals surface area contributed by atoms with E-state index in [2.05, 4.69) is 16.0 Å². The van der Waals surface area contributed by atoms with E-state index >= 15 is 0 Å². The zero-order chi connectivity index (χ0) is 15.8. The molecule has 0 radical (unpaired) electrons. The van der Waals surface area contributed by atoms with Crippen molar-refractivity contribution in [2.75, 3.05) is 18.4 Å². The maximum Gasteiger partial charge on any atom is 0.315 e. The summed E-state index contributed by atoms with van der Waals surface area (Å²) in [6.45, 7) is 1.50. The number of urea groups is 1. The number of rotatable bonds is 7. The lowest BCUT2D eigenvalue weighted by Crippen LogP contribution is -2.37. The van der Waals surface area contributed by atoms with Gasteiger partial charge < -0.3 is 16.0 Å². The lowest BCUT2D eigenvalue weighted by Gasteiger charge is -2.08. The van der Waals surface area contributed by atoms with E-state index in [-0.39, 0.29) is 11.7 Å². The molecule has 2 aromatic rings. The third-order valence-corrected chi connectivity index (χ3v) is 3.70. The normalized spacial score (nSPS) is 10.0. The fourth-order valence-electron chi connectivity index (χ4n) is 1.73. The fraction of sp³-hybridized carbons (Fsp3) is 0.214. The summed E-state index contributed by atoms with van der Waals surface area (Å²) in [5.74, 6) is 0. The summed E-state index contributed by atoms with van der Waals surface area (Å²) in [4.78, 5) is 22.7. The summed E-state index contributed by atoms with van der Waals surface area (Å²) in [5.41, 5.74) is 0.822. The Morgan fingerprint density at radius 3 is 2.55 bits per heavy atom. The van der Waals surface area contributed by atoms with Crippen LogP contribution in [0.25, 0.3) is 0 Å². The van der Waals surface area contributed by atoms with Crippen molar-refractivity contribution in [1.82, 2.24) is 10.6 Å². The number of nitrogens with zero attached hydrogens (tertiary/aromatic N) is 1. The van der Waals surface area contributed by atoms with Gasteiger partial charge in [-0.15, -0.1) is 11.3 Å². The van der Waals surface area contributed by atoms with Crippen LogP contribution >= 0.6 is 11.3 Å². The second-order valence-corrected chi connectivity index (χ2v) is 5.45. The van der Waals surface area contributed by atoms with Crippen molar-refractivity contribution in [2.45, 2.75) is 6.54 Å². The predicted octanol–water partition coefficient (Wildman–Crippen LogP) is 2.57. The molecule has 0 spiro atoms. The van der Waals surface area contributed by atoms with Gasteiger partial charge in [-0.25, -0.2) is 4.79 Å². The molecule has 0 saturated carbocycles. The van der Waals surface area contributed by atoms with Crippen molar-refractivity contribution in [3.05, 3.63) is 56.8 Å². The molecule has 116 valence electrons. The monoisotopic (exact) mass is 320 g/mol. The van der Waals surface area contributed by atoms with Crippen molar-refractivity contribution in [2.24, 2.45) is 0 Å². The largest absolute Gasteiger partial charge is 0.383 e. The van der Waals surface area contributed by atoms with Gasteiger partial charge in [0.15, 0.2) is 0 Å². The molecule has 2 rings (SSSR count). The number of benzene rings is 1. The molecule has 1 aromatic carbocycles. The van der Waals surface area contributed by atoms with E-state index < -0.39 is 4.92 Å². The molecule has 8 heteroatoms. The summed E-state index contributed by atoms with van der Waals surface area (Å²) in [6.07, 6.45) is 0. The van der Waals surface area contributed by atoms with E-state index in [4.69, 9.17) is 0 Å². The first-order valence-corrected chi connectivity index (χ1v) is 7.55. The summed E-state index contributed by atoms with van der Waals surface area (Å²) >= 11 is 1.59. The lowest BCUT2D eigenvalue weighted by molar-refractivity contribution is -0.384. The van der Waals surface area contributed by atoms with Gasteiger partial charge >= 0.3 is 6.03 Å². The molecule has 22 heavy (non-hydrogen) atoms. The SMILES string of the molecule is O=C(NCCNc1ccc([N+](=O)[O-])cc1)NCc1cccs1. The molecule has 0 atom stereocenters. The molecule has 0 aliphatic heterocycles. The van der Waals surface area contributed by atoms with Crippen LogP contribution < -0.4 is 16.0 Å². The van der Waals surface area contributed by atoms with Crippen LogP contribution in [0.15, 0.2) is 41.8 Å². The van der Waals surface area contributed by atoms with Crippen molar-refractivity contribution in [3.63, 3.8) is 0 Å². The van der Waals surface area contributed by atoms with Crippen LogP contribution in [0.5, 0.6) is 0 Å². The first-order chi connectivity index (χ1) is 10.6. The Labute approximate surface area is 131 Å². The fourth-order valence-corrected chi connectivity index (χ4v) is 2.37. The molecule has 0 saturated heterocycles. The van der Waals surface area contributed by atoms with Gasteiger partial charge in [0.25, 0.3) is 5.69 Å². The van der Waals surface area contributed by atoms with E-state index in [1.807, 2.05) is 17.5 Å². The van der Waals surface area contributed by atoms with Crippen molar-refractivity contribution in [1.29, 1.82) is 0 Å². The van der Waals surface area contributed by atoms with Gasteiger partial charge in [0.1, 0.15) is 0 Å². The first kappa shape index (κ1) is 15.8. The van der Waals surface area contributed by atoms with E-state index in [0.29, 0.717) is 19.6 Å². The van der Waals surface area contributed by atoms with Crippen LogP contribution in [0, 0.1) is 10.1 Å². The zero-order valence-corrected chi connectivity index (χ0v) is 12.6. The van der Waals surface area contributed by atoms with Crippen molar-refractivity contribution >= 4 is 28.7 Å². The lowest BCUT2D eigenvalue weighted by atomic mass is 10.3. The highest BCUT2D eigenvalue weighted by molar-refractivity contribution is 7.09. The number of non-ortho nitro benzene ring substituents is 1. The van der Waals surface area contributed by atoms with Gasteiger partial charge in [-0.1, -0.05) is 6.07 Å². The van der Waals surface area contributed by atoms with E-state index in [1.165, 1.54) is 12.1 Å². The molecule has 0 bridgehead atoms.